The van der Waals surface area contributed by atoms with E-state index in [1.54, 1.807) is 23.5 Å². The van der Waals surface area contributed by atoms with Crippen LogP contribution in [0.25, 0.3) is 0 Å². The zero-order chi connectivity index (χ0) is 22.5. The van der Waals surface area contributed by atoms with Crippen LogP contribution in [0.15, 0.2) is 58.2 Å². The predicted octanol–water partition coefficient (Wildman–Crippen LogP) is 5.20. The van der Waals surface area contributed by atoms with Gasteiger partial charge in [-0.15, -0.1) is 16.4 Å². The summed E-state index contributed by atoms with van der Waals surface area (Å²) < 4.78 is 1.82. The molecular formula is C22H21N5O3S2. The van der Waals surface area contributed by atoms with Crippen molar-refractivity contribution < 1.29 is 9.72 Å². The Labute approximate surface area is 192 Å². The van der Waals surface area contributed by atoms with Gasteiger partial charge in [0.2, 0.25) is 11.1 Å². The molecule has 2 aliphatic rings. The van der Waals surface area contributed by atoms with Gasteiger partial charge in [-0.3, -0.25) is 14.9 Å². The molecule has 1 atom stereocenters. The molecule has 1 unspecified atom stereocenters. The molecule has 2 aromatic heterocycles. The molecule has 3 heterocycles. The highest BCUT2D eigenvalue weighted by molar-refractivity contribution is 7.98. The fraction of sp³-hybridized carbons (Fsp3) is 0.318. The minimum Gasteiger partial charge on any atom is -0.328 e. The normalized spacial score (nSPS) is 19.3. The third kappa shape index (κ3) is 3.84. The zero-order valence-electron chi connectivity index (χ0n) is 17.6. The Kier molecular flexibility index (Phi) is 5.13. The highest BCUT2D eigenvalue weighted by Crippen LogP contribution is 2.46. The summed E-state index contributed by atoms with van der Waals surface area (Å²) >= 11 is 3.07. The van der Waals surface area contributed by atoms with Crippen LogP contribution in [0.2, 0.25) is 0 Å². The van der Waals surface area contributed by atoms with Crippen molar-refractivity contribution in [2.45, 2.75) is 43.6 Å². The van der Waals surface area contributed by atoms with Gasteiger partial charge in [0.05, 0.1) is 4.92 Å². The van der Waals surface area contributed by atoms with E-state index >= 15 is 0 Å². The Bertz CT molecular complexity index is 1230. The molecule has 0 bridgehead atoms. The first-order valence-electron chi connectivity index (χ1n) is 10.2. The molecule has 1 aliphatic carbocycles. The molecule has 1 aromatic carbocycles. The first-order chi connectivity index (χ1) is 15.3. The molecule has 10 heteroatoms. The number of Topliss-reactive ketones (excluding diaryl/α,β-unsaturated/α-hetero) is 1. The standard InChI is InChI=1S/C22H21N5O3S2/c1-22(2)10-15-18(16(28)11-22)19(17-4-3-9-31-17)26-20(23-15)24-21(25-26)32-12-13-5-7-14(8-6-13)27(29)30/h3-9,19H,10-12H2,1-2H3,(H,23,24,25). The number of nitro groups is 1. The number of aromatic nitrogens is 3. The van der Waals surface area contributed by atoms with E-state index in [4.69, 9.17) is 10.1 Å². The second-order valence-corrected chi connectivity index (χ2v) is 10.7. The van der Waals surface area contributed by atoms with E-state index in [9.17, 15) is 14.9 Å². The van der Waals surface area contributed by atoms with Crippen molar-refractivity contribution in [3.8, 4) is 0 Å². The molecule has 5 rings (SSSR count). The van der Waals surface area contributed by atoms with Crippen LogP contribution in [0, 0.1) is 15.5 Å². The SMILES string of the molecule is CC1(C)CC(=O)C2=C(C1)Nc1nc(SCc3ccc([N+](=O)[O-])cc3)nn1C2c1cccs1. The maximum atomic E-state index is 13.1. The van der Waals surface area contributed by atoms with Crippen LogP contribution in [0.4, 0.5) is 11.6 Å². The lowest BCUT2D eigenvalue weighted by Crippen LogP contribution is -2.36. The van der Waals surface area contributed by atoms with Crippen molar-refractivity contribution in [1.29, 1.82) is 0 Å². The van der Waals surface area contributed by atoms with Crippen LogP contribution in [0.3, 0.4) is 0 Å². The van der Waals surface area contributed by atoms with Crippen molar-refractivity contribution in [3.05, 3.63) is 73.6 Å². The topological polar surface area (TPSA) is 103 Å². The Hall–Kier alpha value is -2.98. The number of non-ortho nitro benzene ring substituents is 1. The number of benzene rings is 1. The fourth-order valence-corrected chi connectivity index (χ4v) is 5.83. The number of anilines is 1. The lowest BCUT2D eigenvalue weighted by Gasteiger charge is -2.37. The van der Waals surface area contributed by atoms with E-state index in [1.165, 1.54) is 23.9 Å². The zero-order valence-corrected chi connectivity index (χ0v) is 19.2. The number of rotatable bonds is 5. The molecule has 0 spiro atoms. The van der Waals surface area contributed by atoms with E-state index in [2.05, 4.69) is 19.2 Å². The van der Waals surface area contributed by atoms with Crippen LogP contribution in [0.1, 0.15) is 43.2 Å². The minimum atomic E-state index is -0.407. The molecule has 32 heavy (non-hydrogen) atoms. The third-order valence-corrected chi connectivity index (χ3v) is 7.47. The number of allylic oxidation sites excluding steroid dienone is 2. The van der Waals surface area contributed by atoms with E-state index in [0.29, 0.717) is 23.3 Å². The van der Waals surface area contributed by atoms with Crippen LogP contribution < -0.4 is 5.32 Å². The summed E-state index contributed by atoms with van der Waals surface area (Å²) in [6, 6.07) is 10.2. The van der Waals surface area contributed by atoms with Crippen LogP contribution >= 0.6 is 23.1 Å². The summed E-state index contributed by atoms with van der Waals surface area (Å²) in [6.07, 6.45) is 1.30. The number of fused-ring (bicyclic) bond motifs is 1. The quantitative estimate of drug-likeness (QED) is 0.312. The number of nitrogens with one attached hydrogen (secondary N) is 1. The number of nitro benzene ring substituents is 1. The number of thiophene rings is 1. The Morgan fingerprint density at radius 1 is 1.28 bits per heavy atom. The Balaban J connectivity index is 1.44. The second-order valence-electron chi connectivity index (χ2n) is 8.75. The molecular weight excluding hydrogens is 446 g/mol. The van der Waals surface area contributed by atoms with Crippen LogP contribution in [0.5, 0.6) is 0 Å². The molecule has 1 aliphatic heterocycles. The first-order valence-corrected chi connectivity index (χ1v) is 12.1. The van der Waals surface area contributed by atoms with Gasteiger partial charge < -0.3 is 5.32 Å². The van der Waals surface area contributed by atoms with Gasteiger partial charge in [-0.05, 0) is 28.8 Å². The summed E-state index contributed by atoms with van der Waals surface area (Å²) in [6.45, 7) is 4.22. The van der Waals surface area contributed by atoms with Gasteiger partial charge in [-0.25, -0.2) is 4.68 Å². The number of thioether (sulfide) groups is 1. The third-order valence-electron chi connectivity index (χ3n) is 5.64. The van der Waals surface area contributed by atoms with Gasteiger partial charge in [0.1, 0.15) is 6.04 Å². The number of carbonyl (C=O) groups excluding carboxylic acids is 1. The van der Waals surface area contributed by atoms with E-state index < -0.39 is 4.92 Å². The monoisotopic (exact) mass is 467 g/mol. The minimum absolute atomic E-state index is 0.0709. The average Bonchev–Trinajstić information content (AvgIpc) is 3.40. The van der Waals surface area contributed by atoms with Gasteiger partial charge in [-0.1, -0.05) is 43.8 Å². The summed E-state index contributed by atoms with van der Waals surface area (Å²) in [5.41, 5.74) is 2.65. The molecule has 0 saturated carbocycles. The maximum absolute atomic E-state index is 13.1. The number of nitrogens with zero attached hydrogens (tertiary/aromatic N) is 4. The van der Waals surface area contributed by atoms with Crippen molar-refractivity contribution in [1.82, 2.24) is 14.8 Å². The molecule has 164 valence electrons. The largest absolute Gasteiger partial charge is 0.328 e. The lowest BCUT2D eigenvalue weighted by molar-refractivity contribution is -0.384. The Morgan fingerprint density at radius 2 is 2.06 bits per heavy atom. The average molecular weight is 468 g/mol. The molecule has 0 radical (unpaired) electrons. The van der Waals surface area contributed by atoms with Gasteiger partial charge >= 0.3 is 0 Å². The summed E-state index contributed by atoms with van der Waals surface area (Å²) in [5.74, 6) is 1.38. The fourth-order valence-electron chi connectivity index (χ4n) is 4.22. The second kappa shape index (κ2) is 7.86. The molecule has 0 fully saturated rings. The van der Waals surface area contributed by atoms with Crippen LogP contribution in [-0.4, -0.2) is 25.5 Å². The van der Waals surface area contributed by atoms with Gasteiger partial charge in [0.25, 0.3) is 5.69 Å². The number of hydrogen-bond donors (Lipinski definition) is 1. The number of hydrogen-bond acceptors (Lipinski definition) is 8. The Morgan fingerprint density at radius 3 is 2.75 bits per heavy atom. The van der Waals surface area contributed by atoms with Gasteiger partial charge in [0.15, 0.2) is 5.78 Å². The lowest BCUT2D eigenvalue weighted by atomic mass is 9.73. The maximum Gasteiger partial charge on any atom is 0.269 e. The molecule has 8 nitrogen and oxygen atoms in total. The predicted molar refractivity (Wildman–Crippen MR) is 124 cm³/mol. The van der Waals surface area contributed by atoms with E-state index in [0.717, 1.165) is 28.1 Å². The molecule has 0 saturated heterocycles. The van der Waals surface area contributed by atoms with Gasteiger partial charge in [-0.2, -0.15) is 4.98 Å². The first kappa shape index (κ1) is 20.9. The van der Waals surface area contributed by atoms with Crippen molar-refractivity contribution in [2.75, 3.05) is 5.32 Å². The van der Waals surface area contributed by atoms with Gasteiger partial charge in [0, 0.05) is 40.5 Å². The van der Waals surface area contributed by atoms with Crippen LogP contribution in [-0.2, 0) is 10.5 Å². The molecule has 3 aromatic rings. The van der Waals surface area contributed by atoms with Crippen molar-refractivity contribution in [2.24, 2.45) is 5.41 Å². The number of carbonyl (C=O) groups is 1. The summed E-state index contributed by atoms with van der Waals surface area (Å²) in [7, 11) is 0. The smallest absolute Gasteiger partial charge is 0.269 e. The summed E-state index contributed by atoms with van der Waals surface area (Å²) in [4.78, 5) is 29.3. The van der Waals surface area contributed by atoms with Crippen molar-refractivity contribution >= 4 is 40.5 Å². The highest BCUT2D eigenvalue weighted by atomic mass is 32.2. The molecule has 1 N–H and O–H groups in total. The van der Waals surface area contributed by atoms with Crippen molar-refractivity contribution in [3.63, 3.8) is 0 Å². The van der Waals surface area contributed by atoms with E-state index in [1.807, 2.05) is 22.2 Å². The van der Waals surface area contributed by atoms with E-state index in [-0.39, 0.29) is 22.9 Å². The highest BCUT2D eigenvalue weighted by Gasteiger charge is 2.42. The molecule has 0 amide bonds. The number of ketones is 1. The summed E-state index contributed by atoms with van der Waals surface area (Å²) in [5, 5.41) is 21.6.